The minimum Gasteiger partial charge on any atom is -0.220 e. The fourth-order valence-electron chi connectivity index (χ4n) is 3.49. The lowest BCUT2D eigenvalue weighted by Gasteiger charge is -2.11. The molecule has 0 N–H and O–H groups in total. The maximum absolute atomic E-state index is 4.42. The van der Waals surface area contributed by atoms with Gasteiger partial charge in [-0.3, -0.25) is 0 Å². The Labute approximate surface area is 145 Å². The topological polar surface area (TPSA) is 21.4 Å². The summed E-state index contributed by atoms with van der Waals surface area (Å²) in [5.74, 6) is 0. The van der Waals surface area contributed by atoms with E-state index in [0.717, 1.165) is 11.2 Å². The van der Waals surface area contributed by atoms with Crippen LogP contribution in [0.15, 0.2) is 97.6 Å². The molecule has 5 aromatic rings. The average molecular weight is 322 g/mol. The first-order chi connectivity index (χ1) is 12.4. The third kappa shape index (κ3) is 2.13. The van der Waals surface area contributed by atoms with Gasteiger partial charge < -0.3 is 0 Å². The van der Waals surface area contributed by atoms with Gasteiger partial charge in [-0.2, -0.15) is 8.80 Å². The molecule has 3 nitrogen and oxygen atoms in total. The van der Waals surface area contributed by atoms with Gasteiger partial charge in [0, 0.05) is 11.6 Å². The summed E-state index contributed by atoms with van der Waals surface area (Å²) in [5.41, 5.74) is 6.93. The van der Waals surface area contributed by atoms with Gasteiger partial charge in [-0.25, -0.2) is 4.98 Å². The molecule has 0 saturated heterocycles. The molecule has 3 heteroatoms. The van der Waals surface area contributed by atoms with Gasteiger partial charge in [-0.1, -0.05) is 66.7 Å². The molecule has 0 amide bonds. The first-order valence-corrected chi connectivity index (χ1v) is 8.33. The van der Waals surface area contributed by atoms with Crippen molar-refractivity contribution in [3.05, 3.63) is 97.6 Å². The quantitative estimate of drug-likeness (QED) is 0.441. The molecule has 25 heavy (non-hydrogen) atoms. The number of fused-ring (bicyclic) bond motifs is 3. The molecule has 118 valence electrons. The van der Waals surface area contributed by atoms with Crippen LogP contribution in [0.3, 0.4) is 0 Å². The molecule has 0 spiro atoms. The molecule has 0 radical (unpaired) electrons. The first-order valence-electron chi connectivity index (χ1n) is 8.33. The van der Waals surface area contributed by atoms with Gasteiger partial charge >= 0.3 is 0 Å². The average Bonchev–Trinajstić information content (AvgIpc) is 3.18. The second kappa shape index (κ2) is 5.56. The molecule has 5 rings (SSSR count). The molecule has 3 heterocycles. The molecule has 3 aromatic heterocycles. The number of pyridine rings is 1. The molecule has 0 atom stereocenters. The van der Waals surface area contributed by atoms with Crippen LogP contribution in [0.5, 0.6) is 0 Å². The smallest absolute Gasteiger partial charge is 0.220 e. The highest BCUT2D eigenvalue weighted by Crippen LogP contribution is 2.33. The zero-order valence-electron chi connectivity index (χ0n) is 13.6. The van der Waals surface area contributed by atoms with Crippen molar-refractivity contribution < 1.29 is 4.40 Å². The maximum Gasteiger partial charge on any atom is 0.292 e. The van der Waals surface area contributed by atoms with E-state index in [9.17, 15) is 0 Å². The zero-order valence-corrected chi connectivity index (χ0v) is 13.6. The Bertz CT molecular complexity index is 1180. The minimum atomic E-state index is 1.09. The number of benzene rings is 2. The summed E-state index contributed by atoms with van der Waals surface area (Å²) in [4.78, 5) is 4.42. The summed E-state index contributed by atoms with van der Waals surface area (Å²) >= 11 is 0. The van der Waals surface area contributed by atoms with Crippen LogP contribution in [-0.4, -0.2) is 9.38 Å². The minimum absolute atomic E-state index is 1.09. The van der Waals surface area contributed by atoms with Crippen molar-refractivity contribution in [1.29, 1.82) is 0 Å². The SMILES string of the molecule is c1ccc(-c2c(-c3ccccc3)[n+]3ccccc3n3cncc23)cc1. The lowest BCUT2D eigenvalue weighted by atomic mass is 9.98. The van der Waals surface area contributed by atoms with Crippen molar-refractivity contribution in [1.82, 2.24) is 9.38 Å². The van der Waals surface area contributed by atoms with Crippen LogP contribution in [0.4, 0.5) is 0 Å². The lowest BCUT2D eigenvalue weighted by Crippen LogP contribution is -2.28. The summed E-state index contributed by atoms with van der Waals surface area (Å²) in [6.07, 6.45) is 5.94. The number of imidazole rings is 1. The monoisotopic (exact) mass is 322 g/mol. The van der Waals surface area contributed by atoms with Crippen molar-refractivity contribution in [2.75, 3.05) is 0 Å². The molecule has 0 unspecified atom stereocenters. The normalized spacial score (nSPS) is 11.2. The van der Waals surface area contributed by atoms with Gasteiger partial charge in [0.25, 0.3) is 5.65 Å². The van der Waals surface area contributed by atoms with Crippen LogP contribution >= 0.6 is 0 Å². The van der Waals surface area contributed by atoms with Crippen LogP contribution in [0.25, 0.3) is 33.5 Å². The largest absolute Gasteiger partial charge is 0.292 e. The summed E-state index contributed by atoms with van der Waals surface area (Å²) in [6, 6.07) is 27.3. The van der Waals surface area contributed by atoms with Crippen LogP contribution in [-0.2, 0) is 0 Å². The van der Waals surface area contributed by atoms with E-state index in [0.29, 0.717) is 0 Å². The van der Waals surface area contributed by atoms with Crippen molar-refractivity contribution in [3.63, 3.8) is 0 Å². The fourth-order valence-corrected chi connectivity index (χ4v) is 3.49. The second-order valence-corrected chi connectivity index (χ2v) is 6.03. The Morgan fingerprint density at radius 2 is 1.40 bits per heavy atom. The lowest BCUT2D eigenvalue weighted by molar-refractivity contribution is -0.502. The number of rotatable bonds is 2. The van der Waals surface area contributed by atoms with Crippen LogP contribution in [0.2, 0.25) is 0 Å². The van der Waals surface area contributed by atoms with Crippen molar-refractivity contribution in [2.45, 2.75) is 0 Å². The van der Waals surface area contributed by atoms with Crippen LogP contribution in [0.1, 0.15) is 0 Å². The van der Waals surface area contributed by atoms with Crippen molar-refractivity contribution >= 4 is 11.2 Å². The van der Waals surface area contributed by atoms with E-state index in [1.165, 1.54) is 22.4 Å². The molecular formula is C22H16N3+. The molecule has 0 saturated carbocycles. The Morgan fingerprint density at radius 1 is 0.720 bits per heavy atom. The molecule has 2 aromatic carbocycles. The number of hydrogen-bond donors (Lipinski definition) is 0. The second-order valence-electron chi connectivity index (χ2n) is 6.03. The number of aromatic nitrogens is 3. The maximum atomic E-state index is 4.42. The van der Waals surface area contributed by atoms with Crippen LogP contribution in [0, 0.1) is 0 Å². The van der Waals surface area contributed by atoms with Gasteiger partial charge in [-0.15, -0.1) is 0 Å². The van der Waals surface area contributed by atoms with Crippen molar-refractivity contribution in [2.24, 2.45) is 0 Å². The first kappa shape index (κ1) is 13.9. The zero-order chi connectivity index (χ0) is 16.6. The standard InChI is InChI=1S/C22H16N3/c1-3-9-17(10-4-1)21-19-15-23-16-25(19)20-13-7-8-14-24(20)22(21)18-11-5-2-6-12-18/h1-16H/q+1. The molecule has 0 aliphatic rings. The van der Waals surface area contributed by atoms with Gasteiger partial charge in [-0.05, 0) is 11.6 Å². The highest BCUT2D eigenvalue weighted by atomic mass is 15.1. The molecule has 0 bridgehead atoms. The van der Waals surface area contributed by atoms with E-state index in [1.54, 1.807) is 0 Å². The Hall–Kier alpha value is -3.46. The van der Waals surface area contributed by atoms with E-state index in [2.05, 4.69) is 92.8 Å². The summed E-state index contributed by atoms with van der Waals surface area (Å²) in [6.45, 7) is 0. The van der Waals surface area contributed by atoms with Gasteiger partial charge in [0.2, 0.25) is 0 Å². The van der Waals surface area contributed by atoms with Gasteiger partial charge in [0.15, 0.2) is 17.5 Å². The molecular weight excluding hydrogens is 306 g/mol. The summed E-state index contributed by atoms with van der Waals surface area (Å²) in [5, 5.41) is 0. The third-order valence-corrected chi connectivity index (χ3v) is 4.57. The van der Waals surface area contributed by atoms with E-state index < -0.39 is 0 Å². The highest BCUT2D eigenvalue weighted by Gasteiger charge is 2.23. The van der Waals surface area contributed by atoms with E-state index in [1.807, 2.05) is 18.6 Å². The Morgan fingerprint density at radius 3 is 2.16 bits per heavy atom. The molecule has 0 aliphatic carbocycles. The fraction of sp³-hybridized carbons (Fsp3) is 0. The number of nitrogens with zero attached hydrogens (tertiary/aromatic N) is 3. The Kier molecular flexibility index (Phi) is 3.10. The molecule has 0 aliphatic heterocycles. The Balaban J connectivity index is 2.04. The predicted octanol–water partition coefficient (Wildman–Crippen LogP) is 4.41. The van der Waals surface area contributed by atoms with Gasteiger partial charge in [0.05, 0.1) is 18.0 Å². The summed E-state index contributed by atoms with van der Waals surface area (Å²) < 4.78 is 4.39. The highest BCUT2D eigenvalue weighted by molar-refractivity contribution is 5.90. The summed E-state index contributed by atoms with van der Waals surface area (Å²) in [7, 11) is 0. The van der Waals surface area contributed by atoms with E-state index in [-0.39, 0.29) is 0 Å². The third-order valence-electron chi connectivity index (χ3n) is 4.57. The van der Waals surface area contributed by atoms with Crippen LogP contribution < -0.4 is 4.40 Å². The van der Waals surface area contributed by atoms with E-state index >= 15 is 0 Å². The predicted molar refractivity (Wildman–Crippen MR) is 99.2 cm³/mol. The molecule has 0 fully saturated rings. The number of hydrogen-bond acceptors (Lipinski definition) is 1. The van der Waals surface area contributed by atoms with E-state index in [4.69, 9.17) is 0 Å². The van der Waals surface area contributed by atoms with Crippen molar-refractivity contribution in [3.8, 4) is 22.4 Å². The van der Waals surface area contributed by atoms with Gasteiger partial charge in [0.1, 0.15) is 0 Å².